The number of rotatable bonds is 4. The molecule has 4 heteroatoms. The first-order chi connectivity index (χ1) is 9.47. The van der Waals surface area contributed by atoms with Gasteiger partial charge in [-0.25, -0.2) is 0 Å². The molecule has 0 aliphatic heterocycles. The number of halogens is 1. The van der Waals surface area contributed by atoms with E-state index >= 15 is 0 Å². The summed E-state index contributed by atoms with van der Waals surface area (Å²) in [4.78, 5) is 2.65. The highest BCUT2D eigenvalue weighted by Gasteiger charge is 2.06. The summed E-state index contributed by atoms with van der Waals surface area (Å²) < 4.78 is 1.10. The van der Waals surface area contributed by atoms with Gasteiger partial charge < -0.3 is 10.6 Å². The summed E-state index contributed by atoms with van der Waals surface area (Å²) in [6.07, 6.45) is 0. The number of hydrogen-bond donors (Lipinski definition) is 1. The lowest BCUT2D eigenvalue weighted by Crippen LogP contribution is -2.17. The lowest BCUT2D eigenvalue weighted by atomic mass is 10.1. The van der Waals surface area contributed by atoms with Crippen LogP contribution >= 0.6 is 28.1 Å². The number of aryl methyl sites for hydroxylation is 1. The first-order valence-electron chi connectivity index (χ1n) is 6.33. The van der Waals surface area contributed by atoms with E-state index in [0.29, 0.717) is 4.99 Å². The molecule has 0 bridgehead atoms. The van der Waals surface area contributed by atoms with Crippen molar-refractivity contribution in [3.63, 3.8) is 0 Å². The van der Waals surface area contributed by atoms with E-state index in [2.05, 4.69) is 58.2 Å². The van der Waals surface area contributed by atoms with Crippen LogP contribution in [-0.4, -0.2) is 12.0 Å². The molecule has 0 atom stereocenters. The molecule has 0 aliphatic carbocycles. The Bertz CT molecular complexity index is 640. The van der Waals surface area contributed by atoms with Crippen molar-refractivity contribution in [2.75, 3.05) is 11.9 Å². The zero-order chi connectivity index (χ0) is 14.7. The average Bonchev–Trinajstić information content (AvgIpc) is 2.38. The van der Waals surface area contributed by atoms with E-state index in [-0.39, 0.29) is 0 Å². The molecule has 2 nitrogen and oxygen atoms in total. The highest BCUT2D eigenvalue weighted by molar-refractivity contribution is 9.10. The summed E-state index contributed by atoms with van der Waals surface area (Å²) in [5, 5.41) is 0. The molecule has 2 aromatic carbocycles. The molecule has 0 radical (unpaired) electrons. The van der Waals surface area contributed by atoms with Crippen LogP contribution in [0.1, 0.15) is 16.7 Å². The largest absolute Gasteiger partial charge is 0.389 e. The van der Waals surface area contributed by atoms with Gasteiger partial charge in [-0.1, -0.05) is 40.3 Å². The minimum absolute atomic E-state index is 0.448. The molecule has 104 valence electrons. The van der Waals surface area contributed by atoms with E-state index in [9.17, 15) is 0 Å². The van der Waals surface area contributed by atoms with Crippen molar-refractivity contribution in [3.8, 4) is 0 Å². The van der Waals surface area contributed by atoms with E-state index in [1.165, 1.54) is 5.56 Å². The number of hydrogen-bond acceptors (Lipinski definition) is 2. The Balaban J connectivity index is 2.19. The number of benzene rings is 2. The Morgan fingerprint density at radius 1 is 1.25 bits per heavy atom. The van der Waals surface area contributed by atoms with Crippen LogP contribution in [0.3, 0.4) is 0 Å². The van der Waals surface area contributed by atoms with Crippen LogP contribution in [0.25, 0.3) is 0 Å². The fourth-order valence-corrected chi connectivity index (χ4v) is 2.84. The minimum Gasteiger partial charge on any atom is -0.389 e. The highest BCUT2D eigenvalue weighted by atomic mass is 79.9. The first-order valence-corrected chi connectivity index (χ1v) is 7.53. The van der Waals surface area contributed by atoms with Gasteiger partial charge in [0.25, 0.3) is 0 Å². The maximum absolute atomic E-state index is 5.69. The van der Waals surface area contributed by atoms with Crippen molar-refractivity contribution >= 4 is 38.8 Å². The molecular formula is C16H17BrN2S. The van der Waals surface area contributed by atoms with Gasteiger partial charge in [0.05, 0.1) is 0 Å². The Morgan fingerprint density at radius 3 is 2.60 bits per heavy atom. The third-order valence-electron chi connectivity index (χ3n) is 3.22. The molecule has 0 saturated carbocycles. The van der Waals surface area contributed by atoms with Crippen LogP contribution in [0, 0.1) is 6.92 Å². The van der Waals surface area contributed by atoms with Crippen molar-refractivity contribution in [1.82, 2.24) is 0 Å². The quantitative estimate of drug-likeness (QED) is 0.845. The second kappa shape index (κ2) is 6.37. The van der Waals surface area contributed by atoms with Crippen molar-refractivity contribution in [3.05, 3.63) is 63.6 Å². The predicted molar refractivity (Wildman–Crippen MR) is 93.3 cm³/mol. The first kappa shape index (κ1) is 15.0. The summed E-state index contributed by atoms with van der Waals surface area (Å²) >= 11 is 8.54. The molecule has 0 saturated heterocycles. The van der Waals surface area contributed by atoms with Crippen LogP contribution in [0.5, 0.6) is 0 Å². The van der Waals surface area contributed by atoms with Crippen LogP contribution in [0.2, 0.25) is 0 Å². The Hall–Kier alpha value is -1.39. The van der Waals surface area contributed by atoms with Crippen LogP contribution < -0.4 is 10.6 Å². The molecule has 0 heterocycles. The van der Waals surface area contributed by atoms with Gasteiger partial charge in [-0.05, 0) is 48.4 Å². The van der Waals surface area contributed by atoms with Gasteiger partial charge in [0, 0.05) is 29.3 Å². The zero-order valence-corrected chi connectivity index (χ0v) is 14.0. The number of nitrogens with zero attached hydrogens (tertiary/aromatic N) is 1. The third kappa shape index (κ3) is 3.58. The molecule has 0 fully saturated rings. The molecule has 0 amide bonds. The van der Waals surface area contributed by atoms with Gasteiger partial charge in [-0.2, -0.15) is 0 Å². The van der Waals surface area contributed by atoms with Gasteiger partial charge in [-0.15, -0.1) is 0 Å². The van der Waals surface area contributed by atoms with E-state index in [0.717, 1.165) is 27.8 Å². The maximum Gasteiger partial charge on any atom is 0.104 e. The monoisotopic (exact) mass is 348 g/mol. The molecular weight excluding hydrogens is 332 g/mol. The van der Waals surface area contributed by atoms with Gasteiger partial charge >= 0.3 is 0 Å². The summed E-state index contributed by atoms with van der Waals surface area (Å²) in [6, 6.07) is 14.5. The summed E-state index contributed by atoms with van der Waals surface area (Å²) in [6.45, 7) is 2.89. The van der Waals surface area contributed by atoms with Crippen LogP contribution in [-0.2, 0) is 6.54 Å². The minimum atomic E-state index is 0.448. The molecule has 0 spiro atoms. The van der Waals surface area contributed by atoms with Crippen molar-refractivity contribution in [2.24, 2.45) is 5.73 Å². The van der Waals surface area contributed by atoms with Crippen molar-refractivity contribution < 1.29 is 0 Å². The van der Waals surface area contributed by atoms with Gasteiger partial charge in [0.1, 0.15) is 4.99 Å². The molecule has 20 heavy (non-hydrogen) atoms. The van der Waals surface area contributed by atoms with Crippen molar-refractivity contribution in [2.45, 2.75) is 13.5 Å². The van der Waals surface area contributed by atoms with E-state index in [4.69, 9.17) is 18.0 Å². The lowest BCUT2D eigenvalue weighted by Gasteiger charge is -2.21. The van der Waals surface area contributed by atoms with Crippen LogP contribution in [0.15, 0.2) is 46.9 Å². The van der Waals surface area contributed by atoms with Crippen molar-refractivity contribution in [1.29, 1.82) is 0 Å². The lowest BCUT2D eigenvalue weighted by molar-refractivity contribution is 0.921. The summed E-state index contributed by atoms with van der Waals surface area (Å²) in [5.74, 6) is 0. The van der Waals surface area contributed by atoms with Gasteiger partial charge in [-0.3, -0.25) is 0 Å². The Kier molecular flexibility index (Phi) is 4.78. The number of nitrogens with two attached hydrogens (primary N) is 1. The van der Waals surface area contributed by atoms with Gasteiger partial charge in [0.2, 0.25) is 0 Å². The third-order valence-corrected chi connectivity index (χ3v) is 3.94. The molecule has 2 N–H and O–H groups in total. The topological polar surface area (TPSA) is 29.3 Å². The van der Waals surface area contributed by atoms with E-state index in [1.807, 2.05) is 19.1 Å². The highest BCUT2D eigenvalue weighted by Crippen LogP contribution is 2.21. The maximum atomic E-state index is 5.69. The second-order valence-electron chi connectivity index (χ2n) is 4.85. The summed E-state index contributed by atoms with van der Waals surface area (Å²) in [7, 11) is 2.08. The average molecular weight is 349 g/mol. The zero-order valence-electron chi connectivity index (χ0n) is 11.6. The predicted octanol–water partition coefficient (Wildman–Crippen LogP) is 4.03. The molecule has 0 unspecified atom stereocenters. The van der Waals surface area contributed by atoms with Gasteiger partial charge in [0.15, 0.2) is 0 Å². The Morgan fingerprint density at radius 2 is 2.00 bits per heavy atom. The molecule has 0 aliphatic rings. The SMILES string of the molecule is Cc1cc(N(C)Cc2cccc(Br)c2)ccc1C(N)=S. The fraction of sp³-hybridized carbons (Fsp3) is 0.188. The normalized spacial score (nSPS) is 10.3. The molecule has 2 rings (SSSR count). The smallest absolute Gasteiger partial charge is 0.104 e. The number of thiocarbonyl (C=S) groups is 1. The molecule has 2 aromatic rings. The number of anilines is 1. The summed E-state index contributed by atoms with van der Waals surface area (Å²) in [5.41, 5.74) is 10.2. The standard InChI is InChI=1S/C16H17BrN2S/c1-11-8-14(6-7-15(11)16(18)20)19(2)10-12-4-3-5-13(17)9-12/h3-9H,10H2,1-2H3,(H2,18,20). The van der Waals surface area contributed by atoms with E-state index < -0.39 is 0 Å². The molecule has 0 aromatic heterocycles. The Labute approximate surface area is 133 Å². The van der Waals surface area contributed by atoms with Crippen LogP contribution in [0.4, 0.5) is 5.69 Å². The van der Waals surface area contributed by atoms with E-state index in [1.54, 1.807) is 0 Å². The second-order valence-corrected chi connectivity index (χ2v) is 6.20. The fourth-order valence-electron chi connectivity index (χ4n) is 2.16.